The van der Waals surface area contributed by atoms with Crippen LogP contribution in [-0.4, -0.2) is 29.6 Å². The van der Waals surface area contributed by atoms with Crippen LogP contribution in [0.1, 0.15) is 58.3 Å². The summed E-state index contributed by atoms with van der Waals surface area (Å²) < 4.78 is 0. The molecule has 0 radical (unpaired) electrons. The third-order valence-corrected chi connectivity index (χ3v) is 2.96. The van der Waals surface area contributed by atoms with Crippen molar-refractivity contribution in [3.8, 4) is 0 Å². The van der Waals surface area contributed by atoms with E-state index in [-0.39, 0.29) is 0 Å². The molecule has 0 unspecified atom stereocenters. The van der Waals surface area contributed by atoms with E-state index in [0.717, 1.165) is 13.2 Å². The van der Waals surface area contributed by atoms with Crippen LogP contribution in [0.3, 0.4) is 0 Å². The predicted octanol–water partition coefficient (Wildman–Crippen LogP) is 2.52. The fourth-order valence-corrected chi connectivity index (χ4v) is 1.96. The van der Waals surface area contributed by atoms with E-state index in [1.165, 1.54) is 51.4 Å². The topological polar surface area (TPSA) is 44.9 Å². The summed E-state index contributed by atoms with van der Waals surface area (Å²) >= 11 is 0. The van der Waals surface area contributed by atoms with Gasteiger partial charge in [0.05, 0.1) is 0 Å². The molecule has 1 aliphatic heterocycles. The molecule has 0 aromatic heterocycles. The lowest BCUT2D eigenvalue weighted by molar-refractivity contribution is 0.233. The smallest absolute Gasteiger partial charge is 0.127 e. The van der Waals surface area contributed by atoms with Crippen LogP contribution in [0.4, 0.5) is 0 Å². The Balaban J connectivity index is 1.80. The van der Waals surface area contributed by atoms with Gasteiger partial charge in [-0.2, -0.15) is 5.10 Å². The standard InChI is InChI=1S/C12H26N4/c1-2-3-4-5-6-7-8-9-10-16-12-15(13)11-14-16/h11H,2-10,12-13H2,1H3. The van der Waals surface area contributed by atoms with Crippen molar-refractivity contribution < 1.29 is 0 Å². The molecule has 2 N–H and O–H groups in total. The molecule has 1 aliphatic rings. The minimum Gasteiger partial charge on any atom is -0.278 e. The van der Waals surface area contributed by atoms with Gasteiger partial charge in [-0.1, -0.05) is 51.9 Å². The zero-order valence-electron chi connectivity index (χ0n) is 10.6. The summed E-state index contributed by atoms with van der Waals surface area (Å²) in [6.45, 7) is 4.05. The largest absolute Gasteiger partial charge is 0.278 e. The van der Waals surface area contributed by atoms with Crippen LogP contribution in [0.2, 0.25) is 0 Å². The van der Waals surface area contributed by atoms with E-state index in [1.54, 1.807) is 11.3 Å². The Hall–Kier alpha value is -0.770. The van der Waals surface area contributed by atoms with Gasteiger partial charge in [0, 0.05) is 6.54 Å². The lowest BCUT2D eigenvalue weighted by Gasteiger charge is -2.14. The quantitative estimate of drug-likeness (QED) is 0.485. The lowest BCUT2D eigenvalue weighted by Crippen LogP contribution is -2.32. The predicted molar refractivity (Wildman–Crippen MR) is 68.7 cm³/mol. The van der Waals surface area contributed by atoms with Crippen molar-refractivity contribution in [2.24, 2.45) is 10.9 Å². The number of hydrazone groups is 1. The molecule has 16 heavy (non-hydrogen) atoms. The highest BCUT2D eigenvalue weighted by atomic mass is 15.6. The number of hydrogen-bond acceptors (Lipinski definition) is 4. The summed E-state index contributed by atoms with van der Waals surface area (Å²) in [7, 11) is 0. The molecule has 4 heteroatoms. The van der Waals surface area contributed by atoms with E-state index in [2.05, 4.69) is 12.0 Å². The highest BCUT2D eigenvalue weighted by Gasteiger charge is 2.08. The minimum atomic E-state index is 0.747. The first-order valence-electron chi connectivity index (χ1n) is 6.63. The normalized spacial score (nSPS) is 15.1. The van der Waals surface area contributed by atoms with Gasteiger partial charge in [0.25, 0.3) is 0 Å². The monoisotopic (exact) mass is 226 g/mol. The molecular formula is C12H26N4. The molecule has 1 rings (SSSR count). The molecule has 94 valence electrons. The lowest BCUT2D eigenvalue weighted by atomic mass is 10.1. The minimum absolute atomic E-state index is 0.747. The van der Waals surface area contributed by atoms with Crippen LogP contribution < -0.4 is 5.84 Å². The fourth-order valence-electron chi connectivity index (χ4n) is 1.96. The zero-order valence-corrected chi connectivity index (χ0v) is 10.6. The van der Waals surface area contributed by atoms with E-state index in [0.29, 0.717) is 0 Å². The van der Waals surface area contributed by atoms with E-state index in [1.807, 2.05) is 5.01 Å². The average molecular weight is 226 g/mol. The number of unbranched alkanes of at least 4 members (excludes halogenated alkanes) is 7. The summed E-state index contributed by atoms with van der Waals surface area (Å²) in [5.41, 5.74) is 0. The van der Waals surface area contributed by atoms with Crippen LogP contribution in [0, 0.1) is 0 Å². The van der Waals surface area contributed by atoms with E-state index < -0.39 is 0 Å². The summed E-state index contributed by atoms with van der Waals surface area (Å²) in [5, 5.41) is 7.82. The first-order chi connectivity index (χ1) is 7.83. The maximum Gasteiger partial charge on any atom is 0.127 e. The Morgan fingerprint density at radius 2 is 1.69 bits per heavy atom. The summed E-state index contributed by atoms with van der Waals surface area (Å²) in [4.78, 5) is 0. The molecule has 0 saturated heterocycles. The van der Waals surface area contributed by atoms with Gasteiger partial charge in [0.1, 0.15) is 13.0 Å². The molecule has 0 aromatic rings. The maximum absolute atomic E-state index is 5.57. The molecule has 0 aromatic carbocycles. The van der Waals surface area contributed by atoms with E-state index in [4.69, 9.17) is 5.84 Å². The number of hydrogen-bond donors (Lipinski definition) is 1. The van der Waals surface area contributed by atoms with Crippen molar-refractivity contribution in [1.29, 1.82) is 0 Å². The van der Waals surface area contributed by atoms with Crippen molar-refractivity contribution in [2.45, 2.75) is 58.3 Å². The van der Waals surface area contributed by atoms with Crippen LogP contribution in [0.15, 0.2) is 5.10 Å². The number of nitrogens with two attached hydrogens (primary N) is 1. The second-order valence-electron chi connectivity index (χ2n) is 4.59. The highest BCUT2D eigenvalue weighted by Crippen LogP contribution is 2.09. The molecule has 0 aliphatic carbocycles. The van der Waals surface area contributed by atoms with Crippen molar-refractivity contribution in [1.82, 2.24) is 10.0 Å². The van der Waals surface area contributed by atoms with Crippen molar-refractivity contribution in [3.63, 3.8) is 0 Å². The molecular weight excluding hydrogens is 200 g/mol. The molecule has 0 amide bonds. The van der Waals surface area contributed by atoms with Gasteiger partial charge in [-0.3, -0.25) is 10.0 Å². The molecule has 0 bridgehead atoms. The van der Waals surface area contributed by atoms with Crippen molar-refractivity contribution >= 4 is 6.34 Å². The molecule has 0 spiro atoms. The van der Waals surface area contributed by atoms with E-state index in [9.17, 15) is 0 Å². The van der Waals surface area contributed by atoms with Gasteiger partial charge in [-0.05, 0) is 6.42 Å². The average Bonchev–Trinajstić information content (AvgIpc) is 2.68. The van der Waals surface area contributed by atoms with E-state index >= 15 is 0 Å². The second-order valence-corrected chi connectivity index (χ2v) is 4.59. The number of hydrazine groups is 1. The van der Waals surface area contributed by atoms with Gasteiger partial charge >= 0.3 is 0 Å². The molecule has 0 atom stereocenters. The van der Waals surface area contributed by atoms with Gasteiger partial charge in [-0.25, -0.2) is 5.84 Å². The van der Waals surface area contributed by atoms with Crippen LogP contribution >= 0.6 is 0 Å². The van der Waals surface area contributed by atoms with Crippen molar-refractivity contribution in [2.75, 3.05) is 13.2 Å². The van der Waals surface area contributed by atoms with Crippen molar-refractivity contribution in [3.05, 3.63) is 0 Å². The number of rotatable bonds is 9. The van der Waals surface area contributed by atoms with Crippen LogP contribution in [-0.2, 0) is 0 Å². The Bertz CT molecular complexity index is 193. The Kier molecular flexibility index (Phi) is 6.97. The Labute approximate surface area is 99.4 Å². The number of nitrogens with zero attached hydrogens (tertiary/aromatic N) is 3. The van der Waals surface area contributed by atoms with Gasteiger partial charge in [0.15, 0.2) is 0 Å². The van der Waals surface area contributed by atoms with Crippen LogP contribution in [0.25, 0.3) is 0 Å². The van der Waals surface area contributed by atoms with Gasteiger partial charge in [-0.15, -0.1) is 0 Å². The third-order valence-electron chi connectivity index (χ3n) is 2.96. The Morgan fingerprint density at radius 3 is 2.25 bits per heavy atom. The maximum atomic E-state index is 5.57. The van der Waals surface area contributed by atoms with Gasteiger partial charge in [0.2, 0.25) is 0 Å². The second kappa shape index (κ2) is 8.39. The summed E-state index contributed by atoms with van der Waals surface area (Å²) in [6, 6.07) is 0. The first kappa shape index (κ1) is 13.3. The molecule has 4 nitrogen and oxygen atoms in total. The molecule has 0 saturated carbocycles. The fraction of sp³-hybridized carbons (Fsp3) is 0.917. The molecule has 1 heterocycles. The zero-order chi connectivity index (χ0) is 11.6. The molecule has 0 fully saturated rings. The van der Waals surface area contributed by atoms with Crippen LogP contribution in [0.5, 0.6) is 0 Å². The highest BCUT2D eigenvalue weighted by molar-refractivity contribution is 5.54. The summed E-state index contributed by atoms with van der Waals surface area (Å²) in [5.74, 6) is 5.57. The summed E-state index contributed by atoms with van der Waals surface area (Å²) in [6.07, 6.45) is 12.6. The SMILES string of the molecule is CCCCCCCCCCN1CN(N)C=N1. The first-order valence-corrected chi connectivity index (χ1v) is 6.63. The third kappa shape index (κ3) is 5.95. The Morgan fingerprint density at radius 1 is 1.06 bits per heavy atom. The van der Waals surface area contributed by atoms with Gasteiger partial charge < -0.3 is 0 Å².